The summed E-state index contributed by atoms with van der Waals surface area (Å²) in [6.45, 7) is 1.71. The average molecular weight is 769 g/mol. The normalized spacial score (nSPS) is 15.8. The summed E-state index contributed by atoms with van der Waals surface area (Å²) in [7, 11) is 3.57. The van der Waals surface area contributed by atoms with Gasteiger partial charge in [-0.3, -0.25) is 4.79 Å². The van der Waals surface area contributed by atoms with Crippen molar-refractivity contribution in [1.29, 1.82) is 0 Å². The van der Waals surface area contributed by atoms with E-state index in [2.05, 4.69) is 19.6 Å². The van der Waals surface area contributed by atoms with Gasteiger partial charge in [-0.1, -0.05) is 47.9 Å². The molecule has 19 heteroatoms. The Balaban J connectivity index is 1.73. The lowest BCUT2D eigenvalue weighted by Gasteiger charge is -2.41. The number of hydroxylamine groups is 3. The molecule has 0 aliphatic carbocycles. The molecule has 0 spiro atoms. The highest BCUT2D eigenvalue weighted by Gasteiger charge is 2.51. The molecule has 0 saturated carbocycles. The van der Waals surface area contributed by atoms with Crippen molar-refractivity contribution < 1.29 is 55.2 Å². The Morgan fingerprint density at radius 1 is 0.962 bits per heavy atom. The van der Waals surface area contributed by atoms with Gasteiger partial charge in [0.05, 0.1) is 0 Å². The fourth-order valence-electron chi connectivity index (χ4n) is 6.12. The summed E-state index contributed by atoms with van der Waals surface area (Å²) >= 11 is 6.28. The molecule has 3 amide bonds. The van der Waals surface area contributed by atoms with Crippen LogP contribution < -0.4 is 9.96 Å². The Bertz CT molecular complexity index is 1990. The van der Waals surface area contributed by atoms with Crippen molar-refractivity contribution in [2.75, 3.05) is 37.1 Å². The summed E-state index contributed by atoms with van der Waals surface area (Å²) in [6.07, 6.45) is -8.68. The molecule has 0 bridgehead atoms. The van der Waals surface area contributed by atoms with Crippen molar-refractivity contribution in [1.82, 2.24) is 19.9 Å². The monoisotopic (exact) mass is 768 g/mol. The third-order valence-corrected chi connectivity index (χ3v) is 8.54. The molecule has 0 radical (unpaired) electrons. The van der Waals surface area contributed by atoms with E-state index in [1.165, 1.54) is 36.2 Å². The van der Waals surface area contributed by atoms with Gasteiger partial charge in [-0.25, -0.2) is 19.4 Å². The van der Waals surface area contributed by atoms with Gasteiger partial charge in [-0.2, -0.15) is 26.3 Å². The summed E-state index contributed by atoms with van der Waals surface area (Å²) < 4.78 is 82.1. The van der Waals surface area contributed by atoms with Gasteiger partial charge in [0.1, 0.15) is 0 Å². The first-order valence-corrected chi connectivity index (χ1v) is 16.2. The zero-order chi connectivity index (χ0) is 38.8. The summed E-state index contributed by atoms with van der Waals surface area (Å²) in [5.41, 5.74) is 1.60. The van der Waals surface area contributed by atoms with Crippen molar-refractivity contribution in [3.05, 3.63) is 89.2 Å². The number of H-pyrrole nitrogens is 1. The number of fused-ring (bicyclic) bond motifs is 2. The zero-order valence-electron chi connectivity index (χ0n) is 28.1. The third-order valence-electron chi connectivity index (χ3n) is 8.30. The van der Waals surface area contributed by atoms with Crippen LogP contribution in [-0.4, -0.2) is 89.4 Å². The topological polar surface area (TPSA) is 128 Å². The van der Waals surface area contributed by atoms with Crippen molar-refractivity contribution >= 4 is 57.9 Å². The van der Waals surface area contributed by atoms with E-state index in [4.69, 9.17) is 11.6 Å². The van der Waals surface area contributed by atoms with Crippen molar-refractivity contribution in [2.45, 2.75) is 37.7 Å². The van der Waals surface area contributed by atoms with E-state index in [0.29, 0.717) is 34.5 Å². The van der Waals surface area contributed by atoms with Crippen LogP contribution in [0.15, 0.2) is 73.1 Å². The van der Waals surface area contributed by atoms with Crippen LogP contribution in [0.2, 0.25) is 5.02 Å². The van der Waals surface area contributed by atoms with Crippen molar-refractivity contribution in [3.63, 3.8) is 0 Å². The Morgan fingerprint density at radius 2 is 1.62 bits per heavy atom. The number of amides is 3. The van der Waals surface area contributed by atoms with Crippen LogP contribution in [0.25, 0.3) is 10.9 Å². The number of carbonyl (C=O) groups is 4. The van der Waals surface area contributed by atoms with Crippen molar-refractivity contribution in [2.24, 2.45) is 5.92 Å². The zero-order valence-corrected chi connectivity index (χ0v) is 28.9. The van der Waals surface area contributed by atoms with E-state index in [9.17, 15) is 40.7 Å². The summed E-state index contributed by atoms with van der Waals surface area (Å²) in [4.78, 5) is 72.7. The maximum absolute atomic E-state index is 15.0. The van der Waals surface area contributed by atoms with Crippen LogP contribution in [0, 0.1) is 5.92 Å². The molecule has 1 aliphatic heterocycles. The minimum absolute atomic E-state index is 0.0506. The SMILES string of the molecule is CC(c1c[nH]c2ccccc12)C(C(=O)N1C[C@@H](CN(C)C)Cc2cc(Cl)ccc21)N(OC(=O)C(F)(F)F)C(=O)N(OC(=O)C(F)(F)F)c1ccccn1. The molecule has 4 aromatic rings. The number of hydrogen-bond acceptors (Lipinski definition) is 8. The molecule has 53 heavy (non-hydrogen) atoms. The molecule has 2 unspecified atom stereocenters. The largest absolute Gasteiger partial charge is 0.493 e. The molecule has 0 fully saturated rings. The van der Waals surface area contributed by atoms with E-state index in [0.717, 1.165) is 18.3 Å². The lowest BCUT2D eigenvalue weighted by molar-refractivity contribution is -0.234. The maximum atomic E-state index is 15.0. The minimum Gasteiger partial charge on any atom is -0.361 e. The fraction of sp³-hybridized carbons (Fsp3) is 0.324. The molecule has 1 N–H and O–H groups in total. The molecule has 2 aromatic heterocycles. The van der Waals surface area contributed by atoms with Crippen LogP contribution in [0.1, 0.15) is 24.0 Å². The van der Waals surface area contributed by atoms with E-state index in [1.807, 2.05) is 4.90 Å². The molecule has 2 aromatic carbocycles. The molecular weight excluding hydrogens is 738 g/mol. The Hall–Kier alpha value is -5.36. The molecular formula is C34H31ClF6N6O6. The van der Waals surface area contributed by atoms with Gasteiger partial charge in [0, 0.05) is 53.0 Å². The first-order chi connectivity index (χ1) is 24.9. The van der Waals surface area contributed by atoms with Gasteiger partial charge in [0.25, 0.3) is 5.91 Å². The minimum atomic E-state index is -5.78. The molecule has 3 atom stereocenters. The standard InChI is InChI=1S/C34H31ClF6N6O6/c1-19(24-16-43-25-9-5-4-8-23(24)25)28(29(48)45-18-20(17-44(2)3)14-21-15-22(35)11-12-26(21)45)47(53-31(50)34(39,40)41)32(51)46(27-10-6-7-13-42-27)52-30(49)33(36,37)38/h4-13,15-16,19-20,28,43H,14,17-18H2,1-3H3/t19?,20-,28?/m1/s1. The van der Waals surface area contributed by atoms with Gasteiger partial charge in [0.15, 0.2) is 11.9 Å². The second kappa shape index (κ2) is 15.3. The van der Waals surface area contributed by atoms with E-state index >= 15 is 4.79 Å². The van der Waals surface area contributed by atoms with Crippen molar-refractivity contribution in [3.8, 4) is 0 Å². The van der Waals surface area contributed by atoms with Crippen LogP contribution in [0.4, 0.5) is 42.6 Å². The number of rotatable bonds is 7. The number of aromatic amines is 1. The number of aromatic nitrogens is 2. The van der Waals surface area contributed by atoms with E-state index < -0.39 is 59.1 Å². The smallest absolute Gasteiger partial charge is 0.361 e. The summed E-state index contributed by atoms with van der Waals surface area (Å²) in [5, 5.41) is 0.0432. The second-order valence-electron chi connectivity index (χ2n) is 12.4. The number of nitrogens with zero attached hydrogens (tertiary/aromatic N) is 5. The Labute approximate surface area is 302 Å². The van der Waals surface area contributed by atoms with Crippen LogP contribution in [-0.2, 0) is 30.5 Å². The number of alkyl halides is 6. The highest BCUT2D eigenvalue weighted by molar-refractivity contribution is 6.30. The number of nitrogens with one attached hydrogen (secondary N) is 1. The summed E-state index contributed by atoms with van der Waals surface area (Å²) in [6, 6.07) is 10.1. The lowest BCUT2D eigenvalue weighted by atomic mass is 9.88. The molecule has 0 saturated heterocycles. The van der Waals surface area contributed by atoms with Crippen LogP contribution >= 0.6 is 11.6 Å². The molecule has 3 heterocycles. The number of para-hydroxylation sites is 1. The Kier molecular flexibility index (Phi) is 11.2. The van der Waals surface area contributed by atoms with E-state index in [-0.39, 0.29) is 28.8 Å². The first kappa shape index (κ1) is 38.9. The van der Waals surface area contributed by atoms with Gasteiger partial charge in [0.2, 0.25) is 0 Å². The van der Waals surface area contributed by atoms with Gasteiger partial charge >= 0.3 is 30.3 Å². The van der Waals surface area contributed by atoms with Gasteiger partial charge in [-0.15, -0.1) is 5.06 Å². The second-order valence-corrected chi connectivity index (χ2v) is 12.9. The first-order valence-electron chi connectivity index (χ1n) is 15.8. The van der Waals surface area contributed by atoms with Gasteiger partial charge < -0.3 is 24.5 Å². The van der Waals surface area contributed by atoms with E-state index in [1.54, 1.807) is 44.4 Å². The molecule has 12 nitrogen and oxygen atoms in total. The fourth-order valence-corrected chi connectivity index (χ4v) is 6.31. The predicted molar refractivity (Wildman–Crippen MR) is 178 cm³/mol. The lowest BCUT2D eigenvalue weighted by Crippen LogP contribution is -2.59. The number of carbonyl (C=O) groups excluding carboxylic acids is 4. The Morgan fingerprint density at radius 3 is 2.26 bits per heavy atom. The maximum Gasteiger partial charge on any atom is 0.493 e. The van der Waals surface area contributed by atoms with Gasteiger partial charge in [-0.05, 0) is 74.0 Å². The number of hydrogen-bond donors (Lipinski definition) is 1. The highest BCUT2D eigenvalue weighted by atomic mass is 35.5. The number of benzene rings is 2. The molecule has 282 valence electrons. The third kappa shape index (κ3) is 8.65. The summed E-state index contributed by atoms with van der Waals surface area (Å²) in [5.74, 6) is -9.56. The molecule has 5 rings (SSSR count). The number of anilines is 2. The molecule has 1 aliphatic rings. The number of pyridine rings is 1. The average Bonchev–Trinajstić information content (AvgIpc) is 3.52. The van der Waals surface area contributed by atoms with Crippen LogP contribution in [0.3, 0.4) is 0 Å². The highest BCUT2D eigenvalue weighted by Crippen LogP contribution is 2.38. The number of urea groups is 1. The predicted octanol–water partition coefficient (Wildman–Crippen LogP) is 6.43. The number of halogens is 7. The quantitative estimate of drug-likeness (QED) is 0.169. The van der Waals surface area contributed by atoms with Crippen LogP contribution in [0.5, 0.6) is 0 Å².